The van der Waals surface area contributed by atoms with Crippen LogP contribution in [0.5, 0.6) is 0 Å². The first kappa shape index (κ1) is 19.0. The number of rotatable bonds is 5. The zero-order valence-corrected chi connectivity index (χ0v) is 16.4. The summed E-state index contributed by atoms with van der Waals surface area (Å²) in [4.78, 5) is 41.3. The summed E-state index contributed by atoms with van der Waals surface area (Å²) in [7, 11) is 0. The van der Waals surface area contributed by atoms with Gasteiger partial charge in [-0.2, -0.15) is 0 Å². The van der Waals surface area contributed by atoms with Crippen LogP contribution in [0.15, 0.2) is 24.3 Å². The maximum Gasteiger partial charge on any atom is 0.233 e. The van der Waals surface area contributed by atoms with Crippen molar-refractivity contribution in [1.29, 1.82) is 0 Å². The molecule has 6 heteroatoms. The molecule has 2 unspecified atom stereocenters. The number of para-hydroxylation sites is 2. The summed E-state index contributed by atoms with van der Waals surface area (Å²) in [6.45, 7) is 2.20. The summed E-state index contributed by atoms with van der Waals surface area (Å²) in [6, 6.07) is 7.87. The van der Waals surface area contributed by atoms with Crippen LogP contribution in [-0.2, 0) is 14.4 Å². The highest BCUT2D eigenvalue weighted by Gasteiger charge is 2.47. The van der Waals surface area contributed by atoms with Crippen molar-refractivity contribution in [3.05, 3.63) is 24.3 Å². The van der Waals surface area contributed by atoms with Gasteiger partial charge < -0.3 is 10.2 Å². The number of fused-ring (bicyclic) bond motifs is 1. The standard InChI is InChI=1S/C22H29N3O3/c26-20(12-15-25-21(27)16-8-2-3-9-17(16)22(25)28)23-18-10-4-5-11-19(18)24-13-6-1-7-14-24/h4-5,10-11,16-17H,1-3,6-9,12-15H2,(H,23,26). The van der Waals surface area contributed by atoms with Gasteiger partial charge in [-0.3, -0.25) is 19.3 Å². The third-order valence-corrected chi connectivity index (χ3v) is 6.37. The summed E-state index contributed by atoms with van der Waals surface area (Å²) < 4.78 is 0. The Balaban J connectivity index is 1.36. The first-order valence-corrected chi connectivity index (χ1v) is 10.6. The van der Waals surface area contributed by atoms with Gasteiger partial charge in [-0.25, -0.2) is 0 Å². The second kappa shape index (κ2) is 8.33. The lowest BCUT2D eigenvalue weighted by molar-refractivity contribution is -0.140. The van der Waals surface area contributed by atoms with E-state index in [0.717, 1.165) is 50.1 Å². The Morgan fingerprint density at radius 3 is 2.25 bits per heavy atom. The van der Waals surface area contributed by atoms with E-state index in [-0.39, 0.29) is 42.5 Å². The van der Waals surface area contributed by atoms with Gasteiger partial charge in [0.25, 0.3) is 0 Å². The fourth-order valence-corrected chi connectivity index (χ4v) is 4.87. The molecule has 3 aliphatic rings. The van der Waals surface area contributed by atoms with Crippen molar-refractivity contribution in [2.45, 2.75) is 51.4 Å². The zero-order valence-electron chi connectivity index (χ0n) is 16.4. The van der Waals surface area contributed by atoms with E-state index in [4.69, 9.17) is 0 Å². The number of anilines is 2. The van der Waals surface area contributed by atoms with E-state index in [9.17, 15) is 14.4 Å². The van der Waals surface area contributed by atoms with Gasteiger partial charge in [0.15, 0.2) is 0 Å². The molecule has 0 radical (unpaired) electrons. The molecule has 1 saturated carbocycles. The molecule has 150 valence electrons. The van der Waals surface area contributed by atoms with Crippen LogP contribution in [0, 0.1) is 11.8 Å². The van der Waals surface area contributed by atoms with Gasteiger partial charge in [0, 0.05) is 26.1 Å². The number of nitrogens with zero attached hydrogens (tertiary/aromatic N) is 2. The molecule has 1 aromatic rings. The second-order valence-electron chi connectivity index (χ2n) is 8.19. The van der Waals surface area contributed by atoms with Crippen LogP contribution in [0.4, 0.5) is 11.4 Å². The van der Waals surface area contributed by atoms with Gasteiger partial charge in [0.2, 0.25) is 17.7 Å². The number of nitrogens with one attached hydrogen (secondary N) is 1. The molecule has 4 rings (SSSR count). The average Bonchev–Trinajstić information content (AvgIpc) is 2.98. The fourth-order valence-electron chi connectivity index (χ4n) is 4.87. The Kier molecular flexibility index (Phi) is 5.64. The molecule has 1 aromatic carbocycles. The number of hydrogen-bond donors (Lipinski definition) is 1. The topological polar surface area (TPSA) is 69.7 Å². The smallest absolute Gasteiger partial charge is 0.233 e. The zero-order chi connectivity index (χ0) is 19.5. The van der Waals surface area contributed by atoms with Crippen molar-refractivity contribution >= 4 is 29.1 Å². The van der Waals surface area contributed by atoms with Crippen molar-refractivity contribution in [3.8, 4) is 0 Å². The van der Waals surface area contributed by atoms with Gasteiger partial charge in [-0.1, -0.05) is 25.0 Å². The second-order valence-corrected chi connectivity index (χ2v) is 8.19. The number of carbonyl (C=O) groups excluding carboxylic acids is 3. The molecule has 2 aliphatic heterocycles. The van der Waals surface area contributed by atoms with Gasteiger partial charge in [-0.15, -0.1) is 0 Å². The molecule has 2 heterocycles. The van der Waals surface area contributed by atoms with Gasteiger partial charge in [-0.05, 0) is 44.2 Å². The molecule has 1 N–H and O–H groups in total. The molecular weight excluding hydrogens is 354 g/mol. The Hall–Kier alpha value is -2.37. The fraction of sp³-hybridized carbons (Fsp3) is 0.591. The molecule has 0 spiro atoms. The highest BCUT2D eigenvalue weighted by atomic mass is 16.2. The Bertz CT molecular complexity index is 733. The maximum absolute atomic E-state index is 12.6. The van der Waals surface area contributed by atoms with E-state index in [1.807, 2.05) is 24.3 Å². The predicted octanol–water partition coefficient (Wildman–Crippen LogP) is 3.18. The molecule has 3 amide bonds. The number of likely N-dealkylation sites (tertiary alicyclic amines) is 1. The summed E-state index contributed by atoms with van der Waals surface area (Å²) in [5.41, 5.74) is 1.86. The summed E-state index contributed by atoms with van der Waals surface area (Å²) >= 11 is 0. The lowest BCUT2D eigenvalue weighted by Gasteiger charge is -2.30. The molecule has 1 aliphatic carbocycles. The normalized spacial score (nSPS) is 25.0. The lowest BCUT2D eigenvalue weighted by Crippen LogP contribution is -2.34. The first-order chi connectivity index (χ1) is 13.6. The highest BCUT2D eigenvalue weighted by molar-refractivity contribution is 6.05. The van der Waals surface area contributed by atoms with E-state index in [0.29, 0.717) is 0 Å². The average molecular weight is 383 g/mol. The maximum atomic E-state index is 12.6. The van der Waals surface area contributed by atoms with E-state index in [1.165, 1.54) is 24.2 Å². The number of hydrogen-bond acceptors (Lipinski definition) is 4. The van der Waals surface area contributed by atoms with Crippen LogP contribution >= 0.6 is 0 Å². The monoisotopic (exact) mass is 383 g/mol. The Morgan fingerprint density at radius 1 is 0.929 bits per heavy atom. The minimum absolute atomic E-state index is 0.0729. The van der Waals surface area contributed by atoms with Gasteiger partial charge in [0.05, 0.1) is 23.2 Å². The third-order valence-electron chi connectivity index (χ3n) is 6.37. The van der Waals surface area contributed by atoms with Crippen LogP contribution in [0.3, 0.4) is 0 Å². The van der Waals surface area contributed by atoms with Crippen LogP contribution in [0.1, 0.15) is 51.4 Å². The molecule has 28 heavy (non-hydrogen) atoms. The van der Waals surface area contributed by atoms with Crippen LogP contribution in [0.25, 0.3) is 0 Å². The summed E-state index contributed by atoms with van der Waals surface area (Å²) in [5.74, 6) is -0.597. The number of amides is 3. The number of imide groups is 1. The van der Waals surface area contributed by atoms with Crippen molar-refractivity contribution in [1.82, 2.24) is 4.90 Å². The van der Waals surface area contributed by atoms with Crippen molar-refractivity contribution < 1.29 is 14.4 Å². The molecule has 3 fully saturated rings. The third kappa shape index (κ3) is 3.77. The first-order valence-electron chi connectivity index (χ1n) is 10.6. The van der Waals surface area contributed by atoms with Gasteiger partial charge >= 0.3 is 0 Å². The van der Waals surface area contributed by atoms with E-state index >= 15 is 0 Å². The molecular formula is C22H29N3O3. The summed E-state index contributed by atoms with van der Waals surface area (Å²) in [5, 5.41) is 2.99. The van der Waals surface area contributed by atoms with E-state index in [1.54, 1.807) is 0 Å². The van der Waals surface area contributed by atoms with Crippen LogP contribution in [0.2, 0.25) is 0 Å². The molecule has 0 aromatic heterocycles. The molecule has 2 saturated heterocycles. The van der Waals surface area contributed by atoms with Gasteiger partial charge in [0.1, 0.15) is 0 Å². The van der Waals surface area contributed by atoms with Crippen LogP contribution in [-0.4, -0.2) is 42.3 Å². The van der Waals surface area contributed by atoms with Crippen LogP contribution < -0.4 is 10.2 Å². The minimum atomic E-state index is -0.153. The Labute approximate surface area is 166 Å². The van der Waals surface area contributed by atoms with Crippen molar-refractivity contribution in [3.63, 3.8) is 0 Å². The van der Waals surface area contributed by atoms with E-state index < -0.39 is 0 Å². The quantitative estimate of drug-likeness (QED) is 0.793. The Morgan fingerprint density at radius 2 is 1.57 bits per heavy atom. The highest BCUT2D eigenvalue weighted by Crippen LogP contribution is 2.38. The molecule has 0 bridgehead atoms. The largest absolute Gasteiger partial charge is 0.370 e. The lowest BCUT2D eigenvalue weighted by atomic mass is 9.81. The number of benzene rings is 1. The SMILES string of the molecule is O=C(CCN1C(=O)C2CCCCC2C1=O)Nc1ccccc1N1CCCCC1. The summed E-state index contributed by atoms with van der Waals surface area (Å²) in [6.07, 6.45) is 7.38. The minimum Gasteiger partial charge on any atom is -0.370 e. The molecule has 2 atom stereocenters. The van der Waals surface area contributed by atoms with Crippen molar-refractivity contribution in [2.24, 2.45) is 11.8 Å². The molecule has 6 nitrogen and oxygen atoms in total. The van der Waals surface area contributed by atoms with E-state index in [2.05, 4.69) is 10.2 Å². The number of carbonyl (C=O) groups is 3. The predicted molar refractivity (Wildman–Crippen MR) is 108 cm³/mol. The van der Waals surface area contributed by atoms with Crippen molar-refractivity contribution in [2.75, 3.05) is 29.9 Å². The number of piperidine rings is 1.